The molecule has 1 unspecified atom stereocenters. The number of carbonyl (C=O) groups excluding carboxylic acids is 1. The lowest BCUT2D eigenvalue weighted by Gasteiger charge is -2.17. The highest BCUT2D eigenvalue weighted by Gasteiger charge is 2.10. The van der Waals surface area contributed by atoms with E-state index in [9.17, 15) is 4.79 Å². The van der Waals surface area contributed by atoms with Crippen LogP contribution in [0.3, 0.4) is 0 Å². The van der Waals surface area contributed by atoms with Gasteiger partial charge in [-0.05, 0) is 31.0 Å². The van der Waals surface area contributed by atoms with Crippen LogP contribution in [-0.2, 0) is 11.3 Å². The van der Waals surface area contributed by atoms with E-state index in [0.29, 0.717) is 24.4 Å². The third-order valence-electron chi connectivity index (χ3n) is 2.51. The molecule has 94 valence electrons. The van der Waals surface area contributed by atoms with Crippen molar-refractivity contribution >= 4 is 17.5 Å². The molecule has 3 nitrogen and oxygen atoms in total. The maximum Gasteiger partial charge on any atom is 0.222 e. The number of aliphatic hydroxyl groups is 1. The molecule has 0 saturated carbocycles. The lowest BCUT2D eigenvalue weighted by Crippen LogP contribution is -2.26. The zero-order valence-corrected chi connectivity index (χ0v) is 10.9. The van der Waals surface area contributed by atoms with E-state index in [1.165, 1.54) is 0 Å². The van der Waals surface area contributed by atoms with Crippen LogP contribution in [-0.4, -0.2) is 29.1 Å². The van der Waals surface area contributed by atoms with Gasteiger partial charge in [0.25, 0.3) is 0 Å². The first-order valence-corrected chi connectivity index (χ1v) is 6.03. The average Bonchev–Trinajstić information content (AvgIpc) is 2.25. The summed E-state index contributed by atoms with van der Waals surface area (Å²) in [4.78, 5) is 13.4. The van der Waals surface area contributed by atoms with Crippen molar-refractivity contribution < 1.29 is 9.90 Å². The molecule has 1 rings (SSSR count). The van der Waals surface area contributed by atoms with Gasteiger partial charge < -0.3 is 10.0 Å². The molecule has 0 fully saturated rings. The lowest BCUT2D eigenvalue weighted by atomic mass is 10.2. The minimum Gasteiger partial charge on any atom is -0.393 e. The van der Waals surface area contributed by atoms with Crippen LogP contribution in [0.25, 0.3) is 0 Å². The standard InChI is InChI=1S/C13H18ClNO2/c1-10(16)6-7-13(17)15(2)9-11-4-3-5-12(14)8-11/h3-5,8,10,16H,6-7,9H2,1-2H3. The van der Waals surface area contributed by atoms with Crippen LogP contribution in [0, 0.1) is 0 Å². The maximum atomic E-state index is 11.7. The van der Waals surface area contributed by atoms with Gasteiger partial charge in [0, 0.05) is 25.0 Å². The summed E-state index contributed by atoms with van der Waals surface area (Å²) in [5, 5.41) is 9.79. The van der Waals surface area contributed by atoms with Gasteiger partial charge in [0.1, 0.15) is 0 Å². The summed E-state index contributed by atoms with van der Waals surface area (Å²) in [6.07, 6.45) is 0.437. The highest BCUT2D eigenvalue weighted by molar-refractivity contribution is 6.30. The summed E-state index contributed by atoms with van der Waals surface area (Å²) in [5.41, 5.74) is 1.00. The monoisotopic (exact) mass is 255 g/mol. The van der Waals surface area contributed by atoms with E-state index in [0.717, 1.165) is 5.56 Å². The zero-order valence-electron chi connectivity index (χ0n) is 10.2. The molecular weight excluding hydrogens is 238 g/mol. The molecule has 1 N–H and O–H groups in total. The van der Waals surface area contributed by atoms with E-state index < -0.39 is 6.10 Å². The van der Waals surface area contributed by atoms with Gasteiger partial charge in [-0.15, -0.1) is 0 Å². The molecule has 0 bridgehead atoms. The Balaban J connectivity index is 2.48. The molecule has 17 heavy (non-hydrogen) atoms. The number of carbonyl (C=O) groups is 1. The minimum absolute atomic E-state index is 0.0332. The Bertz CT molecular complexity index is 379. The Labute approximate surface area is 107 Å². The first kappa shape index (κ1) is 14.0. The van der Waals surface area contributed by atoms with Gasteiger partial charge >= 0.3 is 0 Å². The summed E-state index contributed by atoms with van der Waals surface area (Å²) in [6.45, 7) is 2.23. The molecule has 1 amide bonds. The molecule has 0 spiro atoms. The number of benzene rings is 1. The van der Waals surface area contributed by atoms with Crippen molar-refractivity contribution in [2.45, 2.75) is 32.4 Å². The Morgan fingerprint density at radius 3 is 2.82 bits per heavy atom. The Morgan fingerprint density at radius 2 is 2.24 bits per heavy atom. The van der Waals surface area contributed by atoms with E-state index in [4.69, 9.17) is 16.7 Å². The van der Waals surface area contributed by atoms with Gasteiger partial charge in [0.2, 0.25) is 5.91 Å². The fourth-order valence-electron chi connectivity index (χ4n) is 1.52. The molecule has 1 aromatic carbocycles. The molecule has 0 aromatic heterocycles. The minimum atomic E-state index is -0.432. The van der Waals surface area contributed by atoms with Crippen LogP contribution in [0.2, 0.25) is 5.02 Å². The van der Waals surface area contributed by atoms with Gasteiger partial charge in [0.05, 0.1) is 6.10 Å². The van der Waals surface area contributed by atoms with Crippen LogP contribution in [0.15, 0.2) is 24.3 Å². The van der Waals surface area contributed by atoms with Crippen molar-refractivity contribution in [3.05, 3.63) is 34.9 Å². The maximum absolute atomic E-state index is 11.7. The zero-order chi connectivity index (χ0) is 12.8. The predicted octanol–water partition coefficient (Wildman–Crippen LogP) is 2.46. The second kappa shape index (κ2) is 6.62. The normalized spacial score (nSPS) is 12.2. The summed E-state index contributed by atoms with van der Waals surface area (Å²) in [6, 6.07) is 7.45. The van der Waals surface area contributed by atoms with E-state index in [-0.39, 0.29) is 5.91 Å². The molecule has 4 heteroatoms. The fourth-order valence-corrected chi connectivity index (χ4v) is 1.73. The Hall–Kier alpha value is -1.06. The van der Waals surface area contributed by atoms with Crippen LogP contribution in [0.1, 0.15) is 25.3 Å². The van der Waals surface area contributed by atoms with Crippen molar-refractivity contribution in [1.82, 2.24) is 4.90 Å². The quantitative estimate of drug-likeness (QED) is 0.878. The summed E-state index contributed by atoms with van der Waals surface area (Å²) < 4.78 is 0. The van der Waals surface area contributed by atoms with Crippen molar-refractivity contribution in [2.24, 2.45) is 0 Å². The molecule has 1 atom stereocenters. The van der Waals surface area contributed by atoms with Crippen LogP contribution >= 0.6 is 11.6 Å². The first-order valence-electron chi connectivity index (χ1n) is 5.65. The van der Waals surface area contributed by atoms with Gasteiger partial charge in [0.15, 0.2) is 0 Å². The number of hydrogen-bond donors (Lipinski definition) is 1. The van der Waals surface area contributed by atoms with E-state index in [1.54, 1.807) is 24.9 Å². The van der Waals surface area contributed by atoms with E-state index >= 15 is 0 Å². The topological polar surface area (TPSA) is 40.5 Å². The molecular formula is C13H18ClNO2. The summed E-state index contributed by atoms with van der Waals surface area (Å²) in [7, 11) is 1.76. The third kappa shape index (κ3) is 5.20. The van der Waals surface area contributed by atoms with E-state index in [1.807, 2.05) is 18.2 Å². The highest BCUT2D eigenvalue weighted by atomic mass is 35.5. The van der Waals surface area contributed by atoms with E-state index in [2.05, 4.69) is 0 Å². The van der Waals surface area contributed by atoms with Gasteiger partial charge in [-0.2, -0.15) is 0 Å². The lowest BCUT2D eigenvalue weighted by molar-refractivity contribution is -0.131. The fraction of sp³-hybridized carbons (Fsp3) is 0.462. The summed E-state index contributed by atoms with van der Waals surface area (Å²) >= 11 is 5.87. The number of nitrogens with zero attached hydrogens (tertiary/aromatic N) is 1. The SMILES string of the molecule is CC(O)CCC(=O)N(C)Cc1cccc(Cl)c1. The Kier molecular flexibility index (Phi) is 5.45. The summed E-state index contributed by atoms with van der Waals surface area (Å²) in [5.74, 6) is 0.0332. The second-order valence-electron chi connectivity index (χ2n) is 4.27. The molecule has 1 aromatic rings. The molecule has 0 saturated heterocycles. The second-order valence-corrected chi connectivity index (χ2v) is 4.70. The molecule has 0 heterocycles. The number of halogens is 1. The van der Waals surface area contributed by atoms with Crippen LogP contribution in [0.4, 0.5) is 0 Å². The van der Waals surface area contributed by atoms with Crippen molar-refractivity contribution in [3.8, 4) is 0 Å². The molecule has 0 aliphatic carbocycles. The number of rotatable bonds is 5. The number of aliphatic hydroxyl groups excluding tert-OH is 1. The van der Waals surface area contributed by atoms with Gasteiger partial charge in [-0.1, -0.05) is 23.7 Å². The van der Waals surface area contributed by atoms with Gasteiger partial charge in [-0.3, -0.25) is 4.79 Å². The average molecular weight is 256 g/mol. The molecule has 0 aliphatic rings. The number of hydrogen-bond acceptors (Lipinski definition) is 2. The highest BCUT2D eigenvalue weighted by Crippen LogP contribution is 2.12. The number of amides is 1. The molecule has 0 radical (unpaired) electrons. The van der Waals surface area contributed by atoms with Crippen LogP contribution < -0.4 is 0 Å². The first-order chi connectivity index (χ1) is 7.99. The third-order valence-corrected chi connectivity index (χ3v) is 2.75. The van der Waals surface area contributed by atoms with Crippen molar-refractivity contribution in [2.75, 3.05) is 7.05 Å². The van der Waals surface area contributed by atoms with Crippen LogP contribution in [0.5, 0.6) is 0 Å². The Morgan fingerprint density at radius 1 is 1.53 bits per heavy atom. The van der Waals surface area contributed by atoms with Crippen molar-refractivity contribution in [1.29, 1.82) is 0 Å². The predicted molar refractivity (Wildman–Crippen MR) is 68.8 cm³/mol. The molecule has 0 aliphatic heterocycles. The smallest absolute Gasteiger partial charge is 0.222 e. The van der Waals surface area contributed by atoms with Gasteiger partial charge in [-0.25, -0.2) is 0 Å². The largest absolute Gasteiger partial charge is 0.393 e. The van der Waals surface area contributed by atoms with Crippen molar-refractivity contribution in [3.63, 3.8) is 0 Å².